The van der Waals surface area contributed by atoms with E-state index in [1.807, 2.05) is 0 Å². The third-order valence-corrected chi connectivity index (χ3v) is 2.72. The maximum absolute atomic E-state index is 12.1. The molecule has 1 unspecified atom stereocenters. The van der Waals surface area contributed by atoms with E-state index >= 15 is 0 Å². The maximum atomic E-state index is 12.1. The first-order valence-electron chi connectivity index (χ1n) is 4.97. The molecule has 0 radical (unpaired) electrons. The van der Waals surface area contributed by atoms with Crippen LogP contribution in [0.1, 0.15) is 6.92 Å². The van der Waals surface area contributed by atoms with E-state index in [1.54, 1.807) is 4.90 Å². The van der Waals surface area contributed by atoms with Gasteiger partial charge in [-0.2, -0.15) is 8.78 Å². The lowest BCUT2D eigenvalue weighted by atomic mass is 10.2. The largest absolute Gasteiger partial charge is 0.480 e. The van der Waals surface area contributed by atoms with Gasteiger partial charge in [-0.3, -0.25) is 14.5 Å². The molecule has 0 aliphatic carbocycles. The van der Waals surface area contributed by atoms with Crippen LogP contribution in [0.4, 0.5) is 8.78 Å². The number of carboxylic acid groups (broad SMARTS) is 1. The molecular weight excluding hydrogens is 222 g/mol. The predicted molar refractivity (Wildman–Crippen MR) is 51.3 cm³/mol. The minimum absolute atomic E-state index is 0.154. The van der Waals surface area contributed by atoms with Crippen molar-refractivity contribution < 1.29 is 23.5 Å². The summed E-state index contributed by atoms with van der Waals surface area (Å²) in [6, 6.07) is -0.649. The number of piperazine rings is 1. The highest BCUT2D eigenvalue weighted by molar-refractivity contribution is 5.79. The summed E-state index contributed by atoms with van der Waals surface area (Å²) in [4.78, 5) is 24.3. The molecule has 1 amide bonds. The first-order valence-corrected chi connectivity index (χ1v) is 4.97. The minimum atomic E-state index is -2.98. The summed E-state index contributed by atoms with van der Waals surface area (Å²) in [5.74, 6) is -2.13. The minimum Gasteiger partial charge on any atom is -0.480 e. The van der Waals surface area contributed by atoms with Gasteiger partial charge in [0.15, 0.2) is 0 Å². The van der Waals surface area contributed by atoms with Crippen LogP contribution in [0.5, 0.6) is 0 Å². The Labute approximate surface area is 91.6 Å². The zero-order chi connectivity index (χ0) is 12.3. The molecule has 0 bridgehead atoms. The van der Waals surface area contributed by atoms with Gasteiger partial charge in [0.25, 0.3) is 5.91 Å². The van der Waals surface area contributed by atoms with Gasteiger partial charge in [0.1, 0.15) is 6.04 Å². The van der Waals surface area contributed by atoms with Crippen molar-refractivity contribution >= 4 is 11.9 Å². The molecule has 92 valence electrons. The Balaban J connectivity index is 2.45. The van der Waals surface area contributed by atoms with E-state index < -0.39 is 24.3 Å². The number of aliphatic carboxylic acids is 1. The monoisotopic (exact) mass is 236 g/mol. The Bertz CT molecular complexity index is 278. The molecule has 7 heteroatoms. The lowest BCUT2D eigenvalue weighted by Crippen LogP contribution is -2.54. The van der Waals surface area contributed by atoms with Crippen LogP contribution in [0, 0.1) is 0 Å². The van der Waals surface area contributed by atoms with Crippen molar-refractivity contribution in [3.63, 3.8) is 0 Å². The topological polar surface area (TPSA) is 60.9 Å². The average molecular weight is 236 g/mol. The Morgan fingerprint density at radius 2 is 1.69 bits per heavy atom. The highest BCUT2D eigenvalue weighted by Crippen LogP contribution is 2.09. The van der Waals surface area contributed by atoms with Crippen LogP contribution in [-0.4, -0.2) is 65.4 Å². The molecule has 0 aromatic carbocycles. The number of rotatable bonds is 3. The van der Waals surface area contributed by atoms with Crippen LogP contribution in [0.3, 0.4) is 0 Å². The van der Waals surface area contributed by atoms with E-state index in [0.717, 1.165) is 4.90 Å². The molecule has 16 heavy (non-hydrogen) atoms. The summed E-state index contributed by atoms with van der Waals surface area (Å²) in [7, 11) is 0. The molecule has 0 saturated carbocycles. The summed E-state index contributed by atoms with van der Waals surface area (Å²) in [6.45, 7) is 2.46. The molecule has 1 aliphatic rings. The van der Waals surface area contributed by atoms with Crippen LogP contribution < -0.4 is 0 Å². The van der Waals surface area contributed by atoms with Crippen LogP contribution in [0.15, 0.2) is 0 Å². The molecule has 1 fully saturated rings. The number of hydrogen-bond donors (Lipinski definition) is 1. The van der Waals surface area contributed by atoms with Crippen molar-refractivity contribution in [3.8, 4) is 0 Å². The fourth-order valence-electron chi connectivity index (χ4n) is 1.62. The fraction of sp³-hybridized carbons (Fsp3) is 0.778. The van der Waals surface area contributed by atoms with Gasteiger partial charge in [0.05, 0.1) is 0 Å². The van der Waals surface area contributed by atoms with Crippen LogP contribution in [0.2, 0.25) is 0 Å². The van der Waals surface area contributed by atoms with Crippen molar-refractivity contribution in [1.29, 1.82) is 0 Å². The van der Waals surface area contributed by atoms with E-state index in [9.17, 15) is 18.4 Å². The van der Waals surface area contributed by atoms with Crippen molar-refractivity contribution in [2.24, 2.45) is 0 Å². The predicted octanol–water partition coefficient (Wildman–Crippen LogP) is -0.131. The van der Waals surface area contributed by atoms with Gasteiger partial charge in [-0.05, 0) is 6.92 Å². The number of carbonyl (C=O) groups is 2. The van der Waals surface area contributed by atoms with E-state index in [4.69, 9.17) is 5.11 Å². The Morgan fingerprint density at radius 1 is 1.19 bits per heavy atom. The summed E-state index contributed by atoms with van der Waals surface area (Å²) in [5.41, 5.74) is 0. The van der Waals surface area contributed by atoms with Crippen molar-refractivity contribution in [3.05, 3.63) is 0 Å². The number of halogens is 2. The summed E-state index contributed by atoms with van der Waals surface area (Å²) in [6.07, 6.45) is -2.98. The summed E-state index contributed by atoms with van der Waals surface area (Å²) < 4.78 is 24.2. The number of hydrogen-bond acceptors (Lipinski definition) is 3. The molecule has 1 saturated heterocycles. The van der Waals surface area contributed by atoms with Crippen LogP contribution in [-0.2, 0) is 9.59 Å². The van der Waals surface area contributed by atoms with E-state index in [1.165, 1.54) is 6.92 Å². The first kappa shape index (κ1) is 12.8. The van der Waals surface area contributed by atoms with Crippen molar-refractivity contribution in [2.75, 3.05) is 26.2 Å². The molecule has 1 atom stereocenters. The zero-order valence-corrected chi connectivity index (χ0v) is 8.90. The molecular formula is C9H14F2N2O3. The maximum Gasteiger partial charge on any atom is 0.320 e. The number of alkyl halides is 2. The lowest BCUT2D eigenvalue weighted by Gasteiger charge is -2.36. The van der Waals surface area contributed by atoms with Crippen molar-refractivity contribution in [1.82, 2.24) is 9.80 Å². The molecule has 1 rings (SSSR count). The van der Waals surface area contributed by atoms with Crippen molar-refractivity contribution in [2.45, 2.75) is 19.4 Å². The number of nitrogens with zero attached hydrogens (tertiary/aromatic N) is 2. The quantitative estimate of drug-likeness (QED) is 0.741. The fourth-order valence-corrected chi connectivity index (χ4v) is 1.62. The SMILES string of the molecule is CC(C(=O)O)N1CCN(C(=O)C(F)F)CC1. The number of amides is 1. The lowest BCUT2D eigenvalue weighted by molar-refractivity contribution is -0.147. The Morgan fingerprint density at radius 3 is 2.06 bits per heavy atom. The number of carbonyl (C=O) groups excluding carboxylic acids is 1. The van der Waals surface area contributed by atoms with E-state index in [0.29, 0.717) is 13.1 Å². The van der Waals surface area contributed by atoms with E-state index in [-0.39, 0.29) is 13.1 Å². The normalized spacial score (nSPS) is 19.9. The average Bonchev–Trinajstić information content (AvgIpc) is 2.27. The second-order valence-corrected chi connectivity index (χ2v) is 3.68. The van der Waals surface area contributed by atoms with Crippen LogP contribution >= 0.6 is 0 Å². The molecule has 0 aromatic rings. The third kappa shape index (κ3) is 2.88. The summed E-state index contributed by atoms with van der Waals surface area (Å²) in [5, 5.41) is 8.76. The van der Waals surface area contributed by atoms with Gasteiger partial charge in [0, 0.05) is 26.2 Å². The highest BCUT2D eigenvalue weighted by Gasteiger charge is 2.30. The molecule has 0 spiro atoms. The first-order chi connectivity index (χ1) is 7.43. The van der Waals surface area contributed by atoms with Gasteiger partial charge in [-0.25, -0.2) is 0 Å². The summed E-state index contributed by atoms with van der Waals surface area (Å²) >= 11 is 0. The Hall–Kier alpha value is -1.24. The Kier molecular flexibility index (Phi) is 4.17. The molecule has 5 nitrogen and oxygen atoms in total. The molecule has 1 heterocycles. The van der Waals surface area contributed by atoms with Gasteiger partial charge in [-0.1, -0.05) is 0 Å². The van der Waals surface area contributed by atoms with Gasteiger partial charge in [0.2, 0.25) is 0 Å². The second kappa shape index (κ2) is 5.20. The highest BCUT2D eigenvalue weighted by atomic mass is 19.3. The van der Waals surface area contributed by atoms with Crippen LogP contribution in [0.25, 0.3) is 0 Å². The molecule has 1 N–H and O–H groups in total. The smallest absolute Gasteiger partial charge is 0.320 e. The standard InChI is InChI=1S/C9H14F2N2O3/c1-6(9(15)16)12-2-4-13(5-3-12)8(14)7(10)11/h6-7H,2-5H2,1H3,(H,15,16). The zero-order valence-electron chi connectivity index (χ0n) is 8.90. The second-order valence-electron chi connectivity index (χ2n) is 3.68. The van der Waals surface area contributed by atoms with Gasteiger partial charge in [-0.15, -0.1) is 0 Å². The number of carboxylic acids is 1. The molecule has 0 aromatic heterocycles. The third-order valence-electron chi connectivity index (χ3n) is 2.72. The van der Waals surface area contributed by atoms with Gasteiger partial charge >= 0.3 is 12.4 Å². The van der Waals surface area contributed by atoms with E-state index in [2.05, 4.69) is 0 Å². The van der Waals surface area contributed by atoms with Gasteiger partial charge < -0.3 is 10.0 Å². The molecule has 1 aliphatic heterocycles.